The van der Waals surface area contributed by atoms with Crippen LogP contribution in [0.5, 0.6) is 0 Å². The van der Waals surface area contributed by atoms with Gasteiger partial charge in [0, 0.05) is 36.5 Å². The van der Waals surface area contributed by atoms with Gasteiger partial charge in [-0.1, -0.05) is 62.2 Å². The quantitative estimate of drug-likeness (QED) is 0.632. The summed E-state index contributed by atoms with van der Waals surface area (Å²) in [5, 5.41) is 1.98. The first-order valence-corrected chi connectivity index (χ1v) is 9.05. The summed E-state index contributed by atoms with van der Waals surface area (Å²) in [7, 11) is 2.06. The molecule has 0 saturated heterocycles. The molecule has 0 amide bonds. The van der Waals surface area contributed by atoms with E-state index in [9.17, 15) is 0 Å². The van der Waals surface area contributed by atoms with Crippen LogP contribution in [0.15, 0.2) is 42.7 Å². The highest BCUT2D eigenvalue weighted by Gasteiger charge is 2.28. The minimum Gasteiger partial charge on any atom is -0.338 e. The van der Waals surface area contributed by atoms with Crippen LogP contribution in [0, 0.1) is 5.41 Å². The van der Waals surface area contributed by atoms with Crippen LogP contribution in [0.1, 0.15) is 17.8 Å². The molecule has 0 spiro atoms. The second kappa shape index (κ2) is 7.41. The molecule has 0 aliphatic carbocycles. The molecule has 1 heterocycles. The second-order valence-electron chi connectivity index (χ2n) is 5.38. The van der Waals surface area contributed by atoms with Gasteiger partial charge in [0.25, 0.3) is 0 Å². The van der Waals surface area contributed by atoms with Crippen molar-refractivity contribution in [3.05, 3.63) is 54.1 Å². The third-order valence-corrected chi connectivity index (χ3v) is 6.17. The highest BCUT2D eigenvalue weighted by atomic mass is 79.9. The highest BCUT2D eigenvalue weighted by molar-refractivity contribution is 9.09. The third kappa shape index (κ3) is 3.95. The van der Waals surface area contributed by atoms with Crippen molar-refractivity contribution in [2.45, 2.75) is 19.3 Å². The monoisotopic (exact) mass is 398 g/mol. The normalized spacial score (nSPS) is 11.8. The van der Waals surface area contributed by atoms with Crippen LogP contribution in [-0.2, 0) is 19.9 Å². The van der Waals surface area contributed by atoms with Crippen molar-refractivity contribution in [3.8, 4) is 0 Å². The first-order valence-electron chi connectivity index (χ1n) is 6.81. The maximum absolute atomic E-state index is 4.43. The Morgan fingerprint density at radius 1 is 1.15 bits per heavy atom. The van der Waals surface area contributed by atoms with Crippen molar-refractivity contribution in [1.82, 2.24) is 9.55 Å². The Bertz CT molecular complexity index is 518. The van der Waals surface area contributed by atoms with Crippen LogP contribution in [0.2, 0.25) is 0 Å². The Kier molecular flexibility index (Phi) is 5.85. The fraction of sp³-hybridized carbons (Fsp3) is 0.438. The number of alkyl halides is 2. The Morgan fingerprint density at radius 3 is 2.40 bits per heavy atom. The molecule has 1 aromatic heterocycles. The van der Waals surface area contributed by atoms with E-state index < -0.39 is 0 Å². The van der Waals surface area contributed by atoms with Crippen molar-refractivity contribution in [2.24, 2.45) is 12.5 Å². The molecule has 0 aliphatic rings. The van der Waals surface area contributed by atoms with E-state index in [1.165, 1.54) is 5.56 Å². The second-order valence-corrected chi connectivity index (χ2v) is 6.51. The van der Waals surface area contributed by atoms with E-state index >= 15 is 0 Å². The Morgan fingerprint density at radius 2 is 1.85 bits per heavy atom. The van der Waals surface area contributed by atoms with Crippen molar-refractivity contribution < 1.29 is 0 Å². The smallest absolute Gasteiger partial charge is 0.108 e. The molecule has 108 valence electrons. The summed E-state index contributed by atoms with van der Waals surface area (Å²) in [4.78, 5) is 4.43. The average molecular weight is 400 g/mol. The molecule has 2 rings (SSSR count). The van der Waals surface area contributed by atoms with E-state index in [1.54, 1.807) is 0 Å². The maximum Gasteiger partial charge on any atom is 0.108 e. The van der Waals surface area contributed by atoms with E-state index in [4.69, 9.17) is 0 Å². The van der Waals surface area contributed by atoms with Gasteiger partial charge in [-0.15, -0.1) is 0 Å². The van der Waals surface area contributed by atoms with Crippen molar-refractivity contribution >= 4 is 31.9 Å². The zero-order valence-electron chi connectivity index (χ0n) is 11.7. The number of aryl methyl sites for hydroxylation is 2. The number of aromatic nitrogens is 2. The summed E-state index contributed by atoms with van der Waals surface area (Å²) < 4.78 is 2.11. The van der Waals surface area contributed by atoms with Gasteiger partial charge in [0.15, 0.2) is 0 Å². The molecule has 1 aromatic carbocycles. The number of hydrogen-bond donors (Lipinski definition) is 0. The van der Waals surface area contributed by atoms with Gasteiger partial charge in [-0.25, -0.2) is 4.98 Å². The fourth-order valence-corrected chi connectivity index (χ4v) is 4.28. The molecule has 0 unspecified atom stereocenters. The topological polar surface area (TPSA) is 17.8 Å². The summed E-state index contributed by atoms with van der Waals surface area (Å²) in [6.45, 7) is 0. The van der Waals surface area contributed by atoms with Crippen LogP contribution in [0.3, 0.4) is 0 Å². The zero-order chi connectivity index (χ0) is 14.4. The predicted octanol–water partition coefficient (Wildman–Crippen LogP) is 4.37. The van der Waals surface area contributed by atoms with Crippen molar-refractivity contribution in [2.75, 3.05) is 10.7 Å². The molecule has 0 bridgehead atoms. The molecule has 0 N–H and O–H groups in total. The van der Waals surface area contributed by atoms with E-state index in [0.717, 1.165) is 35.7 Å². The largest absolute Gasteiger partial charge is 0.338 e. The van der Waals surface area contributed by atoms with Crippen LogP contribution in [0.4, 0.5) is 0 Å². The lowest BCUT2D eigenvalue weighted by Crippen LogP contribution is -2.29. The van der Waals surface area contributed by atoms with E-state index in [1.807, 2.05) is 12.4 Å². The molecule has 0 saturated carbocycles. The molecule has 4 heteroatoms. The molecule has 0 atom stereocenters. The van der Waals surface area contributed by atoms with Gasteiger partial charge in [0.1, 0.15) is 5.82 Å². The molecule has 0 radical (unpaired) electrons. The first-order chi connectivity index (χ1) is 9.69. The zero-order valence-corrected chi connectivity index (χ0v) is 14.9. The van der Waals surface area contributed by atoms with Gasteiger partial charge < -0.3 is 4.57 Å². The molecule has 0 fully saturated rings. The van der Waals surface area contributed by atoms with Gasteiger partial charge in [-0.05, 0) is 23.8 Å². The SMILES string of the molecule is Cn1ccnc1CCC(CBr)(CBr)Cc1ccccc1. The molecule has 20 heavy (non-hydrogen) atoms. The fourth-order valence-electron chi connectivity index (χ4n) is 2.40. The summed E-state index contributed by atoms with van der Waals surface area (Å²) in [6.07, 6.45) is 7.08. The lowest BCUT2D eigenvalue weighted by atomic mass is 9.81. The van der Waals surface area contributed by atoms with Crippen molar-refractivity contribution in [3.63, 3.8) is 0 Å². The van der Waals surface area contributed by atoms with Crippen LogP contribution < -0.4 is 0 Å². The van der Waals surface area contributed by atoms with E-state index in [2.05, 4.69) is 78.8 Å². The number of nitrogens with zero attached hydrogens (tertiary/aromatic N) is 2. The minimum absolute atomic E-state index is 0.229. The van der Waals surface area contributed by atoms with Crippen molar-refractivity contribution in [1.29, 1.82) is 0 Å². The molecule has 2 nitrogen and oxygen atoms in total. The van der Waals surface area contributed by atoms with Crippen LogP contribution in [0.25, 0.3) is 0 Å². The lowest BCUT2D eigenvalue weighted by molar-refractivity contribution is 0.351. The van der Waals surface area contributed by atoms with Gasteiger partial charge in [0.2, 0.25) is 0 Å². The summed E-state index contributed by atoms with van der Waals surface area (Å²) in [5.74, 6) is 1.16. The highest BCUT2D eigenvalue weighted by Crippen LogP contribution is 2.33. The van der Waals surface area contributed by atoms with Gasteiger partial charge >= 0.3 is 0 Å². The van der Waals surface area contributed by atoms with E-state index in [0.29, 0.717) is 0 Å². The minimum atomic E-state index is 0.229. The van der Waals surface area contributed by atoms with Crippen LogP contribution >= 0.6 is 31.9 Å². The lowest BCUT2D eigenvalue weighted by Gasteiger charge is -2.30. The number of halogens is 2. The summed E-state index contributed by atoms with van der Waals surface area (Å²) >= 11 is 7.43. The standard InChI is InChI=1S/C16H20Br2N2/c1-20-10-9-19-15(20)7-8-16(12-17,13-18)11-14-5-3-2-4-6-14/h2-6,9-10H,7-8,11-13H2,1H3. The third-order valence-electron chi connectivity index (χ3n) is 3.79. The molecular formula is C16H20Br2N2. The Balaban J connectivity index is 2.07. The number of rotatable bonds is 7. The number of hydrogen-bond acceptors (Lipinski definition) is 1. The van der Waals surface area contributed by atoms with E-state index in [-0.39, 0.29) is 5.41 Å². The molecular weight excluding hydrogens is 380 g/mol. The van der Waals surface area contributed by atoms with Gasteiger partial charge in [0.05, 0.1) is 0 Å². The number of imidazole rings is 1. The molecule has 0 aliphatic heterocycles. The predicted molar refractivity (Wildman–Crippen MR) is 91.7 cm³/mol. The van der Waals surface area contributed by atoms with Crippen LogP contribution in [-0.4, -0.2) is 20.2 Å². The first kappa shape index (κ1) is 15.8. The number of benzene rings is 1. The average Bonchev–Trinajstić information content (AvgIpc) is 2.90. The molecule has 2 aromatic rings. The van der Waals surface area contributed by atoms with Gasteiger partial charge in [-0.2, -0.15) is 0 Å². The maximum atomic E-state index is 4.43. The van der Waals surface area contributed by atoms with Gasteiger partial charge in [-0.3, -0.25) is 0 Å². The summed E-state index contributed by atoms with van der Waals surface area (Å²) in [5.41, 5.74) is 1.62. The summed E-state index contributed by atoms with van der Waals surface area (Å²) in [6, 6.07) is 10.7. The Hall–Kier alpha value is -0.610. The Labute approximate surface area is 137 Å².